The smallest absolute Gasteiger partial charge is 0.191 e. The van der Waals surface area contributed by atoms with Gasteiger partial charge in [-0.05, 0) is 87.1 Å². The molecule has 7 heteroatoms. The molecule has 0 aliphatic heterocycles. The van der Waals surface area contributed by atoms with Crippen LogP contribution in [0.25, 0.3) is 0 Å². The Morgan fingerprint density at radius 1 is 1.27 bits per heavy atom. The second-order valence-electron chi connectivity index (χ2n) is 7.32. The third kappa shape index (κ3) is 10.9. The minimum atomic E-state index is -1.60. The molecule has 0 unspecified atom stereocenters. The molecule has 0 atom stereocenters. The predicted molar refractivity (Wildman–Crippen MR) is 125 cm³/mol. The van der Waals surface area contributed by atoms with Crippen molar-refractivity contribution >= 4 is 59.6 Å². The molecule has 0 aromatic heterocycles. The van der Waals surface area contributed by atoms with Gasteiger partial charge in [-0.3, -0.25) is 0 Å². The molecular weight excluding hydrogens is 542 g/mol. The van der Waals surface area contributed by atoms with E-state index in [0.717, 1.165) is 29.5 Å². The van der Waals surface area contributed by atoms with Gasteiger partial charge in [-0.15, -0.1) is 0 Å². The zero-order valence-corrected chi connectivity index (χ0v) is 22.0. The largest absolute Gasteiger partial charge is 0.417 e. The molecule has 1 aromatic carbocycles. The van der Waals surface area contributed by atoms with E-state index in [0.29, 0.717) is 3.53 Å². The summed E-state index contributed by atoms with van der Waals surface area (Å²) in [4.78, 5) is 0. The summed E-state index contributed by atoms with van der Waals surface area (Å²) in [5.74, 6) is 6.47. The molecule has 26 heavy (non-hydrogen) atoms. The lowest BCUT2D eigenvalue weighted by Crippen LogP contribution is -2.40. The van der Waals surface area contributed by atoms with Crippen LogP contribution in [0.15, 0.2) is 27.8 Å². The summed E-state index contributed by atoms with van der Waals surface area (Å²) in [6, 6.07) is 6.22. The molecule has 0 saturated heterocycles. The van der Waals surface area contributed by atoms with Crippen LogP contribution in [0.4, 0.5) is 0 Å². The van der Waals surface area contributed by atoms with E-state index in [2.05, 4.69) is 124 Å². The van der Waals surface area contributed by atoms with Gasteiger partial charge in [-0.1, -0.05) is 53.7 Å². The zero-order chi connectivity index (χ0) is 20.4. The molecule has 146 valence electrons. The first kappa shape index (κ1) is 25.9. The third-order valence-electron chi connectivity index (χ3n) is 4.18. The van der Waals surface area contributed by atoms with Gasteiger partial charge in [-0.2, -0.15) is 0 Å². The fourth-order valence-corrected chi connectivity index (χ4v) is 2.93. The third-order valence-corrected chi connectivity index (χ3v) is 9.93. The number of oxime groups is 1. The summed E-state index contributed by atoms with van der Waals surface area (Å²) in [5.41, 5.74) is 2.31. The highest BCUT2D eigenvalue weighted by Crippen LogP contribution is 2.36. The summed E-state index contributed by atoms with van der Waals surface area (Å²) in [5, 5.41) is 10.6. The van der Waals surface area contributed by atoms with Gasteiger partial charge in [0.05, 0.1) is 0 Å². The molecular formula is C19H28Br3NO2Si. The molecule has 1 N–H and O–H groups in total. The fourth-order valence-electron chi connectivity index (χ4n) is 1.59. The van der Waals surface area contributed by atoms with Crippen LogP contribution in [0.2, 0.25) is 18.1 Å². The molecule has 3 nitrogen and oxygen atoms in total. The highest BCUT2D eigenvalue weighted by atomic mass is 79.9. The lowest BCUT2D eigenvalue weighted by molar-refractivity contribution is 0.284. The van der Waals surface area contributed by atoms with E-state index in [1.807, 2.05) is 0 Å². The van der Waals surface area contributed by atoms with E-state index in [1.165, 1.54) is 5.56 Å². The maximum atomic E-state index is 7.64. The number of hydrogen-bond acceptors (Lipinski definition) is 3. The van der Waals surface area contributed by atoms with E-state index in [9.17, 15) is 0 Å². The van der Waals surface area contributed by atoms with E-state index in [1.54, 1.807) is 0 Å². The second kappa shape index (κ2) is 12.3. The van der Waals surface area contributed by atoms with Crippen molar-refractivity contribution in [2.24, 2.45) is 5.16 Å². The highest BCUT2D eigenvalue weighted by Gasteiger charge is 2.36. The van der Waals surface area contributed by atoms with Crippen molar-refractivity contribution in [1.29, 1.82) is 0 Å². The lowest BCUT2D eigenvalue weighted by Gasteiger charge is -2.36. The predicted octanol–water partition coefficient (Wildman–Crippen LogP) is 7.43. The Balaban J connectivity index is 0.00000110. The van der Waals surface area contributed by atoms with Crippen LogP contribution in [-0.2, 0) is 4.43 Å². The van der Waals surface area contributed by atoms with Gasteiger partial charge in [0.1, 0.15) is 0 Å². The fraction of sp³-hybridized carbons (Fsp3) is 0.526. The van der Waals surface area contributed by atoms with Crippen molar-refractivity contribution in [2.75, 3.05) is 6.61 Å². The van der Waals surface area contributed by atoms with Crippen LogP contribution in [0.3, 0.4) is 0 Å². The standard InChI is InChI=1S/C18H27BrOSi.CHBr2NO/c1-15-14-16(11-12-17(15)19)10-8-7-9-13-20-21(5,6)18(2,3)4;2-1(3)4-5/h11-12,14H,7,9,13H2,1-6H3;5H. The van der Waals surface area contributed by atoms with Crippen molar-refractivity contribution < 1.29 is 9.63 Å². The minimum absolute atomic E-state index is 0.285. The number of nitrogens with zero attached hydrogens (tertiary/aromatic N) is 1. The Labute approximate surface area is 184 Å². The van der Waals surface area contributed by atoms with Gasteiger partial charge in [0.2, 0.25) is 0 Å². The maximum Gasteiger partial charge on any atom is 0.191 e. The molecule has 0 aliphatic carbocycles. The first-order chi connectivity index (χ1) is 11.9. The van der Waals surface area contributed by atoms with Gasteiger partial charge >= 0.3 is 0 Å². The lowest BCUT2D eigenvalue weighted by atomic mass is 10.1. The summed E-state index contributed by atoms with van der Waals surface area (Å²) in [6.07, 6.45) is 1.90. The number of rotatable bonds is 4. The summed E-state index contributed by atoms with van der Waals surface area (Å²) in [6.45, 7) is 14.3. The van der Waals surface area contributed by atoms with E-state index in [4.69, 9.17) is 9.63 Å². The van der Waals surface area contributed by atoms with Crippen molar-refractivity contribution in [2.45, 2.75) is 58.7 Å². The number of aryl methyl sites for hydroxylation is 1. The highest BCUT2D eigenvalue weighted by molar-refractivity contribution is 9.39. The molecule has 0 radical (unpaired) electrons. The molecule has 0 aliphatic rings. The van der Waals surface area contributed by atoms with Crippen molar-refractivity contribution in [3.8, 4) is 11.8 Å². The Hall–Kier alpha value is -0.133. The molecule has 0 amide bonds. The quantitative estimate of drug-likeness (QED) is 0.102. The molecule has 0 heterocycles. The van der Waals surface area contributed by atoms with Crippen LogP contribution in [0.5, 0.6) is 0 Å². The number of benzene rings is 1. The van der Waals surface area contributed by atoms with Gasteiger partial charge in [0.25, 0.3) is 0 Å². The average Bonchev–Trinajstić information content (AvgIpc) is 2.53. The molecule has 0 saturated carbocycles. The monoisotopic (exact) mass is 567 g/mol. The van der Waals surface area contributed by atoms with E-state index in [-0.39, 0.29) is 5.04 Å². The van der Waals surface area contributed by atoms with Crippen molar-refractivity contribution in [3.63, 3.8) is 0 Å². The average molecular weight is 570 g/mol. The molecule has 1 aromatic rings. The number of hydrogen-bond donors (Lipinski definition) is 1. The van der Waals surface area contributed by atoms with Gasteiger partial charge in [0.15, 0.2) is 11.8 Å². The van der Waals surface area contributed by atoms with Gasteiger partial charge < -0.3 is 9.63 Å². The first-order valence-corrected chi connectivity index (χ1v) is 13.6. The van der Waals surface area contributed by atoms with Crippen LogP contribution in [0, 0.1) is 18.8 Å². The summed E-state index contributed by atoms with van der Waals surface area (Å²) >= 11 is 9.09. The second-order valence-corrected chi connectivity index (χ2v) is 15.5. The number of unbranched alkanes of at least 4 members (excludes halogenated alkanes) is 1. The Bertz CT molecular complexity index is 655. The van der Waals surface area contributed by atoms with Crippen LogP contribution in [0.1, 0.15) is 44.7 Å². The van der Waals surface area contributed by atoms with Gasteiger partial charge in [0, 0.05) is 23.1 Å². The Kier molecular flexibility index (Phi) is 12.3. The normalized spacial score (nSPS) is 11.0. The SMILES string of the molecule is Cc1cc(C#CCCCO[Si](C)(C)C(C)(C)C)ccc1Br.ON=C(Br)Br. The van der Waals surface area contributed by atoms with Crippen LogP contribution >= 0.6 is 47.8 Å². The van der Waals surface area contributed by atoms with E-state index < -0.39 is 8.32 Å². The Morgan fingerprint density at radius 3 is 2.31 bits per heavy atom. The van der Waals surface area contributed by atoms with Crippen molar-refractivity contribution in [3.05, 3.63) is 33.8 Å². The molecule has 0 fully saturated rings. The zero-order valence-electron chi connectivity index (χ0n) is 16.3. The molecule has 1 rings (SSSR count). The van der Waals surface area contributed by atoms with Crippen molar-refractivity contribution in [1.82, 2.24) is 0 Å². The first-order valence-electron chi connectivity index (χ1n) is 8.32. The van der Waals surface area contributed by atoms with Gasteiger partial charge in [-0.25, -0.2) is 0 Å². The Morgan fingerprint density at radius 2 is 1.85 bits per heavy atom. The molecule has 0 spiro atoms. The number of halogens is 3. The molecule has 0 bridgehead atoms. The summed E-state index contributed by atoms with van der Waals surface area (Å²) < 4.78 is 7.59. The van der Waals surface area contributed by atoms with Crippen LogP contribution < -0.4 is 0 Å². The maximum absolute atomic E-state index is 7.64. The van der Waals surface area contributed by atoms with Crippen LogP contribution in [-0.4, -0.2) is 23.7 Å². The van der Waals surface area contributed by atoms with E-state index >= 15 is 0 Å². The topological polar surface area (TPSA) is 41.8 Å². The minimum Gasteiger partial charge on any atom is -0.417 e. The summed E-state index contributed by atoms with van der Waals surface area (Å²) in [7, 11) is -1.60.